The van der Waals surface area contributed by atoms with Gasteiger partial charge in [0.25, 0.3) is 0 Å². The standard InChI is InChI=1S/C25H23Cl2NO2/c1-14-18-13-19(15-9-11-16(26)12-10-15)21(17-7-5-6-8-20(17)27)28-24(18)30-22(14)23(29)25(2,3)4/h5-14,22H,1-4H3. The van der Waals surface area contributed by atoms with E-state index >= 15 is 0 Å². The number of ether oxygens (including phenoxy) is 1. The van der Waals surface area contributed by atoms with Gasteiger partial charge < -0.3 is 4.74 Å². The fraction of sp³-hybridized carbons (Fsp3) is 0.280. The number of hydrogen-bond donors (Lipinski definition) is 0. The zero-order valence-electron chi connectivity index (χ0n) is 17.4. The molecule has 4 rings (SSSR count). The summed E-state index contributed by atoms with van der Waals surface area (Å²) < 4.78 is 6.09. The summed E-state index contributed by atoms with van der Waals surface area (Å²) in [6.45, 7) is 7.76. The molecule has 2 aromatic carbocycles. The number of halogens is 2. The van der Waals surface area contributed by atoms with Crippen LogP contribution in [-0.4, -0.2) is 16.9 Å². The van der Waals surface area contributed by atoms with Crippen molar-refractivity contribution in [1.82, 2.24) is 4.98 Å². The molecule has 0 saturated heterocycles. The van der Waals surface area contributed by atoms with Crippen molar-refractivity contribution in [3.63, 3.8) is 0 Å². The third-order valence-electron chi connectivity index (χ3n) is 5.48. The van der Waals surface area contributed by atoms with Crippen LogP contribution in [0.3, 0.4) is 0 Å². The van der Waals surface area contributed by atoms with Gasteiger partial charge in [-0.1, -0.05) is 81.2 Å². The largest absolute Gasteiger partial charge is 0.465 e. The van der Waals surface area contributed by atoms with Crippen molar-refractivity contribution in [2.24, 2.45) is 5.41 Å². The van der Waals surface area contributed by atoms with E-state index in [0.29, 0.717) is 15.9 Å². The molecular formula is C25H23Cl2NO2. The molecule has 5 heteroatoms. The first-order valence-electron chi connectivity index (χ1n) is 9.93. The van der Waals surface area contributed by atoms with E-state index in [0.717, 1.165) is 27.9 Å². The molecule has 0 bridgehead atoms. The van der Waals surface area contributed by atoms with Crippen molar-refractivity contribution >= 4 is 29.0 Å². The Morgan fingerprint density at radius 1 is 1.00 bits per heavy atom. The van der Waals surface area contributed by atoms with Gasteiger partial charge in [0.05, 0.1) is 5.69 Å². The number of benzene rings is 2. The van der Waals surface area contributed by atoms with Crippen LogP contribution in [0, 0.1) is 5.41 Å². The summed E-state index contributed by atoms with van der Waals surface area (Å²) in [5.74, 6) is 0.476. The van der Waals surface area contributed by atoms with Gasteiger partial charge in [-0.15, -0.1) is 0 Å². The van der Waals surface area contributed by atoms with Gasteiger partial charge in [-0.3, -0.25) is 4.79 Å². The fourth-order valence-electron chi connectivity index (χ4n) is 3.73. The third-order valence-corrected chi connectivity index (χ3v) is 6.06. The van der Waals surface area contributed by atoms with E-state index in [-0.39, 0.29) is 11.7 Å². The van der Waals surface area contributed by atoms with Crippen molar-refractivity contribution in [2.45, 2.75) is 39.7 Å². The van der Waals surface area contributed by atoms with Crippen molar-refractivity contribution in [3.05, 3.63) is 70.2 Å². The number of pyridine rings is 1. The maximum atomic E-state index is 13.0. The predicted octanol–water partition coefficient (Wildman–Crippen LogP) is 7.20. The Bertz CT molecular complexity index is 1120. The summed E-state index contributed by atoms with van der Waals surface area (Å²) in [6, 6.07) is 17.3. The minimum atomic E-state index is -0.549. The highest BCUT2D eigenvalue weighted by Gasteiger charge is 2.42. The van der Waals surface area contributed by atoms with Gasteiger partial charge in [0, 0.05) is 38.1 Å². The van der Waals surface area contributed by atoms with Crippen LogP contribution in [0.5, 0.6) is 5.88 Å². The van der Waals surface area contributed by atoms with E-state index in [9.17, 15) is 4.79 Å². The van der Waals surface area contributed by atoms with Crippen LogP contribution < -0.4 is 4.74 Å². The first kappa shape index (κ1) is 20.9. The molecule has 2 atom stereocenters. The fourth-order valence-corrected chi connectivity index (χ4v) is 4.08. The normalized spacial score (nSPS) is 18.1. The Kier molecular flexibility index (Phi) is 5.37. The Hall–Kier alpha value is -2.36. The monoisotopic (exact) mass is 439 g/mol. The number of ketones is 1. The number of rotatable bonds is 3. The molecule has 0 fully saturated rings. The van der Waals surface area contributed by atoms with Crippen LogP contribution in [-0.2, 0) is 4.79 Å². The molecule has 0 spiro atoms. The molecule has 3 nitrogen and oxygen atoms in total. The van der Waals surface area contributed by atoms with Crippen molar-refractivity contribution in [3.8, 4) is 28.3 Å². The minimum Gasteiger partial charge on any atom is -0.465 e. The molecular weight excluding hydrogens is 417 g/mol. The molecule has 154 valence electrons. The second-order valence-electron chi connectivity index (χ2n) is 8.71. The molecule has 0 radical (unpaired) electrons. The topological polar surface area (TPSA) is 39.2 Å². The summed E-state index contributed by atoms with van der Waals surface area (Å²) in [5.41, 5.74) is 3.87. The summed E-state index contributed by atoms with van der Waals surface area (Å²) in [7, 11) is 0. The molecule has 0 saturated carbocycles. The Morgan fingerprint density at radius 2 is 1.67 bits per heavy atom. The van der Waals surface area contributed by atoms with Gasteiger partial charge in [-0.05, 0) is 29.8 Å². The van der Waals surface area contributed by atoms with Crippen LogP contribution in [0.2, 0.25) is 10.0 Å². The van der Waals surface area contributed by atoms with E-state index in [1.54, 1.807) is 0 Å². The maximum Gasteiger partial charge on any atom is 0.218 e. The van der Waals surface area contributed by atoms with E-state index in [2.05, 4.69) is 6.07 Å². The van der Waals surface area contributed by atoms with E-state index in [4.69, 9.17) is 32.9 Å². The third kappa shape index (κ3) is 3.73. The first-order chi connectivity index (χ1) is 14.2. The molecule has 0 aliphatic carbocycles. The number of Topliss-reactive ketones (excluding diaryl/α,β-unsaturated/α-hetero) is 1. The van der Waals surface area contributed by atoms with Gasteiger partial charge in [0.2, 0.25) is 5.88 Å². The lowest BCUT2D eigenvalue weighted by atomic mass is 9.82. The maximum absolute atomic E-state index is 13.0. The zero-order chi connectivity index (χ0) is 21.6. The Morgan fingerprint density at radius 3 is 2.30 bits per heavy atom. The lowest BCUT2D eigenvalue weighted by Crippen LogP contribution is -2.37. The highest BCUT2D eigenvalue weighted by atomic mass is 35.5. The Balaban J connectivity index is 1.89. The highest BCUT2D eigenvalue weighted by Crippen LogP contribution is 2.45. The van der Waals surface area contributed by atoms with Crippen LogP contribution in [0.25, 0.3) is 22.4 Å². The van der Waals surface area contributed by atoms with Crippen molar-refractivity contribution < 1.29 is 9.53 Å². The highest BCUT2D eigenvalue weighted by molar-refractivity contribution is 6.33. The number of carbonyl (C=O) groups is 1. The molecule has 3 aromatic rings. The molecule has 0 N–H and O–H groups in total. The van der Waals surface area contributed by atoms with Crippen LogP contribution in [0.1, 0.15) is 39.2 Å². The minimum absolute atomic E-state index is 0.0698. The lowest BCUT2D eigenvalue weighted by molar-refractivity contribution is -0.133. The zero-order valence-corrected chi connectivity index (χ0v) is 18.9. The molecule has 1 aliphatic rings. The number of hydrogen-bond acceptors (Lipinski definition) is 3. The molecule has 30 heavy (non-hydrogen) atoms. The smallest absolute Gasteiger partial charge is 0.218 e. The molecule has 2 heterocycles. The van der Waals surface area contributed by atoms with Crippen LogP contribution >= 0.6 is 23.2 Å². The Labute approximate surface area is 187 Å². The lowest BCUT2D eigenvalue weighted by Gasteiger charge is -2.23. The van der Waals surface area contributed by atoms with E-state index < -0.39 is 11.5 Å². The van der Waals surface area contributed by atoms with Gasteiger partial charge in [0.15, 0.2) is 11.9 Å². The van der Waals surface area contributed by atoms with Crippen LogP contribution in [0.15, 0.2) is 54.6 Å². The summed E-state index contributed by atoms with van der Waals surface area (Å²) >= 11 is 12.6. The van der Waals surface area contributed by atoms with Crippen LogP contribution in [0.4, 0.5) is 0 Å². The molecule has 0 amide bonds. The average Bonchev–Trinajstić information content (AvgIpc) is 3.02. The summed E-state index contributed by atoms with van der Waals surface area (Å²) in [4.78, 5) is 17.8. The summed E-state index contributed by atoms with van der Waals surface area (Å²) in [6.07, 6.45) is -0.549. The second kappa shape index (κ2) is 7.72. The predicted molar refractivity (Wildman–Crippen MR) is 122 cm³/mol. The SMILES string of the molecule is CC1c2cc(-c3ccc(Cl)cc3)c(-c3ccccc3Cl)nc2OC1C(=O)C(C)(C)C. The second-order valence-corrected chi connectivity index (χ2v) is 9.55. The van der Waals surface area contributed by atoms with Crippen molar-refractivity contribution in [1.29, 1.82) is 0 Å². The first-order valence-corrected chi connectivity index (χ1v) is 10.7. The molecule has 2 unspecified atom stereocenters. The molecule has 1 aromatic heterocycles. The van der Waals surface area contributed by atoms with E-state index in [1.807, 2.05) is 76.2 Å². The number of fused-ring (bicyclic) bond motifs is 1. The van der Waals surface area contributed by atoms with Crippen molar-refractivity contribution in [2.75, 3.05) is 0 Å². The number of aromatic nitrogens is 1. The number of nitrogens with zero attached hydrogens (tertiary/aromatic N) is 1. The van der Waals surface area contributed by atoms with Gasteiger partial charge in [-0.25, -0.2) is 4.98 Å². The van der Waals surface area contributed by atoms with E-state index in [1.165, 1.54) is 0 Å². The summed E-state index contributed by atoms with van der Waals surface area (Å²) in [5, 5.41) is 1.27. The average molecular weight is 440 g/mol. The van der Waals surface area contributed by atoms with Gasteiger partial charge >= 0.3 is 0 Å². The molecule has 1 aliphatic heterocycles. The quantitative estimate of drug-likeness (QED) is 0.432. The number of carbonyl (C=O) groups excluding carboxylic acids is 1. The van der Waals surface area contributed by atoms with Gasteiger partial charge in [0.1, 0.15) is 0 Å². The van der Waals surface area contributed by atoms with Gasteiger partial charge in [-0.2, -0.15) is 0 Å².